The molecule has 0 aliphatic rings. The van der Waals surface area contributed by atoms with E-state index < -0.39 is 33.3 Å². The third-order valence-electron chi connectivity index (χ3n) is 4.09. The third kappa shape index (κ3) is 2.76. The molecule has 0 atom stereocenters. The van der Waals surface area contributed by atoms with E-state index in [4.69, 9.17) is 17.8 Å². The van der Waals surface area contributed by atoms with E-state index in [0.29, 0.717) is 27.6 Å². The largest absolute Gasteiger partial charge is 0.220 e. The molecule has 0 saturated heterocycles. The minimum Gasteiger partial charge on any atom is -0.200 e. The summed E-state index contributed by atoms with van der Waals surface area (Å²) >= 11 is 0. The first kappa shape index (κ1) is 6.39. The Hall–Kier alpha value is -2.15. The normalized spacial score (nSPS) is 22.4. The summed E-state index contributed by atoms with van der Waals surface area (Å²) in [5.41, 5.74) is 0.722. The highest BCUT2D eigenvalue weighted by Crippen LogP contribution is 2.31. The van der Waals surface area contributed by atoms with Crippen LogP contribution in [0.15, 0.2) is 42.6 Å². The number of nitrogens with zero attached hydrogens (tertiary/aromatic N) is 1. The van der Waals surface area contributed by atoms with Gasteiger partial charge in [0.05, 0.1) is 10.9 Å². The Kier molecular flexibility index (Phi) is 1.61. The van der Waals surface area contributed by atoms with E-state index in [-0.39, 0.29) is 16.7 Å². The molecule has 0 saturated carbocycles. The number of hydrogen-bond acceptors (Lipinski definition) is 0. The lowest BCUT2D eigenvalue weighted by molar-refractivity contribution is -0.659. The van der Waals surface area contributed by atoms with Gasteiger partial charge in [0.1, 0.15) is 7.05 Å². The summed E-state index contributed by atoms with van der Waals surface area (Å²) in [6, 6.07) is 8.29. The quantitative estimate of drug-likeness (QED) is 0.559. The zero-order valence-electron chi connectivity index (χ0n) is 26.0. The van der Waals surface area contributed by atoms with E-state index in [9.17, 15) is 0 Å². The SMILES string of the molecule is [2H]C([2H])([2H])c1cc(-c2c3ccc(C([2H])(C([2H])([2H])[2H])C([2H])([2H])[2H])cc3cc[n+]2C)c(C)c(C([2H])([2H])[2H])c1. The Balaban J connectivity index is 2.41. The Labute approximate surface area is 157 Å². The van der Waals surface area contributed by atoms with Crippen LogP contribution in [0.25, 0.3) is 22.0 Å². The van der Waals surface area contributed by atoms with Gasteiger partial charge in [0.2, 0.25) is 5.69 Å². The van der Waals surface area contributed by atoms with Gasteiger partial charge in [-0.2, -0.15) is 0 Å². The lowest BCUT2D eigenvalue weighted by Gasteiger charge is -2.12. The molecule has 0 aliphatic carbocycles. The number of hydrogen-bond donors (Lipinski definition) is 0. The number of aryl methyl sites for hydroxylation is 3. The molecule has 23 heavy (non-hydrogen) atoms. The van der Waals surface area contributed by atoms with Crippen molar-refractivity contribution in [2.24, 2.45) is 7.05 Å². The lowest BCUT2D eigenvalue weighted by atomic mass is 9.93. The van der Waals surface area contributed by atoms with Crippen LogP contribution in [0.5, 0.6) is 0 Å². The topological polar surface area (TPSA) is 3.88 Å². The minimum absolute atomic E-state index is 0.102. The molecule has 0 spiro atoms. The second-order valence-electron chi connectivity index (χ2n) is 5.65. The van der Waals surface area contributed by atoms with E-state index in [2.05, 4.69) is 0 Å². The summed E-state index contributed by atoms with van der Waals surface area (Å²) in [7, 11) is 1.69. The first-order valence-electron chi connectivity index (χ1n) is 13.7. The number of aromatic nitrogens is 1. The van der Waals surface area contributed by atoms with E-state index in [1.54, 1.807) is 30.8 Å². The molecule has 0 aliphatic heterocycles. The Morgan fingerprint density at radius 1 is 1.09 bits per heavy atom. The molecular weight excluding hydrogens is 278 g/mol. The molecular formula is C22H26N+. The van der Waals surface area contributed by atoms with Gasteiger partial charge in [0, 0.05) is 23.9 Å². The maximum absolute atomic E-state index is 8.47. The smallest absolute Gasteiger partial charge is 0.200 e. The maximum Gasteiger partial charge on any atom is 0.220 e. The van der Waals surface area contributed by atoms with Crippen LogP contribution in [0.4, 0.5) is 0 Å². The highest BCUT2D eigenvalue weighted by atomic mass is 14.9. The van der Waals surface area contributed by atoms with E-state index >= 15 is 0 Å². The molecule has 1 aromatic heterocycles. The molecule has 3 aromatic rings. The minimum atomic E-state index is -3.15. The average Bonchev–Trinajstić information content (AvgIpc) is 2.70. The van der Waals surface area contributed by atoms with Crippen molar-refractivity contribution < 1.29 is 22.4 Å². The van der Waals surface area contributed by atoms with Gasteiger partial charge in [-0.25, -0.2) is 4.57 Å². The fourth-order valence-corrected chi connectivity index (χ4v) is 2.82. The first-order chi connectivity index (χ1) is 16.1. The second kappa shape index (κ2) is 5.81. The molecule has 0 amide bonds. The van der Waals surface area contributed by atoms with E-state index in [1.807, 2.05) is 0 Å². The van der Waals surface area contributed by atoms with Gasteiger partial charge in [0.25, 0.3) is 0 Å². The predicted octanol–water partition coefficient (Wildman–Crippen LogP) is 5.38. The molecule has 1 nitrogen and oxygen atoms in total. The van der Waals surface area contributed by atoms with Crippen LogP contribution in [0.1, 0.15) is 59.7 Å². The van der Waals surface area contributed by atoms with Crippen LogP contribution < -0.4 is 4.57 Å². The number of benzene rings is 2. The Morgan fingerprint density at radius 3 is 2.70 bits per heavy atom. The molecule has 0 radical (unpaired) electrons. The van der Waals surface area contributed by atoms with Crippen molar-refractivity contribution in [1.82, 2.24) is 0 Å². The average molecular weight is 318 g/mol. The number of rotatable bonds is 2. The van der Waals surface area contributed by atoms with E-state index in [1.165, 1.54) is 30.3 Å². The molecule has 0 unspecified atom stereocenters. The van der Waals surface area contributed by atoms with Gasteiger partial charge in [0.15, 0.2) is 6.20 Å². The molecule has 0 fully saturated rings. The van der Waals surface area contributed by atoms with Crippen molar-refractivity contribution in [3.63, 3.8) is 0 Å². The number of pyridine rings is 1. The van der Waals surface area contributed by atoms with Gasteiger partial charge in [-0.05, 0) is 60.7 Å². The van der Waals surface area contributed by atoms with Crippen LogP contribution >= 0.6 is 0 Å². The molecule has 118 valence electrons. The van der Waals surface area contributed by atoms with Crippen LogP contribution in [-0.2, 0) is 7.05 Å². The molecule has 1 heteroatoms. The summed E-state index contributed by atoms with van der Waals surface area (Å²) < 4.78 is 104. The van der Waals surface area contributed by atoms with Crippen molar-refractivity contribution in [2.75, 3.05) is 0 Å². The first-order valence-corrected chi connectivity index (χ1v) is 7.19. The van der Waals surface area contributed by atoms with Gasteiger partial charge in [-0.3, -0.25) is 0 Å². The number of fused-ring (bicyclic) bond motifs is 1. The maximum atomic E-state index is 8.47. The van der Waals surface area contributed by atoms with Crippen LogP contribution in [0, 0.1) is 20.6 Å². The van der Waals surface area contributed by atoms with Crippen molar-refractivity contribution in [3.05, 3.63) is 64.8 Å². The van der Waals surface area contributed by atoms with E-state index in [0.717, 1.165) is 0 Å². The van der Waals surface area contributed by atoms with Crippen LogP contribution in [0.2, 0.25) is 0 Å². The van der Waals surface area contributed by atoms with Crippen molar-refractivity contribution in [1.29, 1.82) is 0 Å². The molecule has 1 heterocycles. The standard InChI is InChI=1S/C22H26N/c1-14(2)18-7-8-20-19(13-18)9-10-23(6)22(20)21-12-15(3)11-16(4)17(21)5/h7-14H,1-6H3/q+1/i1D3,2D3,3D3,4D3,14D. The van der Waals surface area contributed by atoms with Gasteiger partial charge >= 0.3 is 0 Å². The summed E-state index contributed by atoms with van der Waals surface area (Å²) in [5.74, 6) is -2.88. The molecule has 0 N–H and O–H groups in total. The fourth-order valence-electron chi connectivity index (χ4n) is 2.82. The Morgan fingerprint density at radius 2 is 1.96 bits per heavy atom. The highest BCUT2D eigenvalue weighted by Gasteiger charge is 2.18. The monoisotopic (exact) mass is 317 g/mol. The van der Waals surface area contributed by atoms with Crippen LogP contribution in [-0.4, -0.2) is 0 Å². The van der Waals surface area contributed by atoms with Gasteiger partial charge < -0.3 is 0 Å². The summed E-state index contributed by atoms with van der Waals surface area (Å²) in [6.45, 7) is -9.84. The van der Waals surface area contributed by atoms with Crippen molar-refractivity contribution in [2.45, 2.75) is 40.2 Å². The predicted molar refractivity (Wildman–Crippen MR) is 98.9 cm³/mol. The lowest BCUT2D eigenvalue weighted by Crippen LogP contribution is -2.30. The Bertz CT molecular complexity index is 1300. The summed E-state index contributed by atoms with van der Waals surface area (Å²) in [4.78, 5) is 0. The molecule has 2 aromatic carbocycles. The highest BCUT2D eigenvalue weighted by molar-refractivity contribution is 5.94. The fraction of sp³-hybridized carbons (Fsp3) is 0.318. The summed E-state index contributed by atoms with van der Waals surface area (Å²) in [5, 5.41) is 0.921. The van der Waals surface area contributed by atoms with Crippen molar-refractivity contribution in [3.8, 4) is 11.3 Å². The molecule has 3 rings (SSSR count). The van der Waals surface area contributed by atoms with Gasteiger partial charge in [-0.1, -0.05) is 37.5 Å². The zero-order chi connectivity index (χ0) is 27.6. The van der Waals surface area contributed by atoms with Gasteiger partial charge in [-0.15, -0.1) is 0 Å². The molecule has 0 bridgehead atoms. The third-order valence-corrected chi connectivity index (χ3v) is 4.09. The summed E-state index contributed by atoms with van der Waals surface area (Å²) in [6.07, 6.45) is 1.62. The van der Waals surface area contributed by atoms with Crippen molar-refractivity contribution >= 4 is 10.8 Å². The van der Waals surface area contributed by atoms with Crippen LogP contribution in [0.3, 0.4) is 0 Å². The zero-order valence-corrected chi connectivity index (χ0v) is 13.0. The second-order valence-corrected chi connectivity index (χ2v) is 5.65.